The number of allylic oxidation sites excluding steroid dienone is 2. The predicted molar refractivity (Wildman–Crippen MR) is 127 cm³/mol. The van der Waals surface area contributed by atoms with Gasteiger partial charge in [0, 0.05) is 21.9 Å². The van der Waals surface area contributed by atoms with E-state index in [4.69, 9.17) is 4.99 Å². The first-order valence-corrected chi connectivity index (χ1v) is 10.3. The minimum Gasteiger partial charge on any atom is -0.353 e. The highest BCUT2D eigenvalue weighted by Crippen LogP contribution is 2.36. The third kappa shape index (κ3) is 2.77. The van der Waals surface area contributed by atoms with Gasteiger partial charge in [0.05, 0.1) is 16.9 Å². The van der Waals surface area contributed by atoms with E-state index in [0.29, 0.717) is 0 Å². The van der Waals surface area contributed by atoms with Gasteiger partial charge in [-0.15, -0.1) is 0 Å². The highest BCUT2D eigenvalue weighted by atomic mass is 14.8. The minimum absolute atomic E-state index is 0.885. The lowest BCUT2D eigenvalue weighted by molar-refractivity contribution is 1.27. The van der Waals surface area contributed by atoms with Gasteiger partial charge in [-0.2, -0.15) is 0 Å². The summed E-state index contributed by atoms with van der Waals surface area (Å²) in [5.41, 5.74) is 9.16. The van der Waals surface area contributed by atoms with Crippen LogP contribution in [-0.4, -0.2) is 10.7 Å². The standard InChI is InChI=1S/C28H20N2/c1-2-7-19(8-3-1)20-13-15-21(16-14-20)25-12-6-9-22-17-18-24-23-10-4-5-11-26(23)30-28(24)27(22)29-25/h1-8,10-18,30H,9H2. The summed E-state index contributed by atoms with van der Waals surface area (Å²) in [5.74, 6) is 0. The first-order valence-electron chi connectivity index (χ1n) is 10.3. The van der Waals surface area contributed by atoms with Crippen molar-refractivity contribution in [3.05, 3.63) is 114 Å². The molecule has 0 saturated heterocycles. The molecule has 0 amide bonds. The summed E-state index contributed by atoms with van der Waals surface area (Å²) in [6.45, 7) is 0. The van der Waals surface area contributed by atoms with Crippen LogP contribution in [0.3, 0.4) is 0 Å². The van der Waals surface area contributed by atoms with E-state index >= 15 is 0 Å². The fourth-order valence-corrected chi connectivity index (χ4v) is 4.32. The van der Waals surface area contributed by atoms with Crippen molar-refractivity contribution in [3.8, 4) is 11.1 Å². The van der Waals surface area contributed by atoms with Gasteiger partial charge in [0.2, 0.25) is 0 Å². The molecule has 6 rings (SSSR count). The van der Waals surface area contributed by atoms with Crippen LogP contribution in [0.25, 0.3) is 32.9 Å². The second-order valence-corrected chi connectivity index (χ2v) is 7.71. The van der Waals surface area contributed by atoms with Crippen LogP contribution in [0, 0.1) is 0 Å². The number of hydrogen-bond donors (Lipinski definition) is 1. The van der Waals surface area contributed by atoms with Gasteiger partial charge in [-0.1, -0.05) is 91.0 Å². The summed E-state index contributed by atoms with van der Waals surface area (Å²) >= 11 is 0. The van der Waals surface area contributed by atoms with Crippen molar-refractivity contribution in [2.24, 2.45) is 4.99 Å². The lowest BCUT2D eigenvalue weighted by Gasteiger charge is -2.07. The first-order chi connectivity index (χ1) is 14.9. The van der Waals surface area contributed by atoms with E-state index in [1.165, 1.54) is 27.5 Å². The molecule has 0 aliphatic carbocycles. The molecule has 1 aromatic heterocycles. The van der Waals surface area contributed by atoms with Gasteiger partial charge in [0.25, 0.3) is 0 Å². The molecule has 4 aromatic carbocycles. The Morgan fingerprint density at radius 2 is 1.37 bits per heavy atom. The molecule has 30 heavy (non-hydrogen) atoms. The fraction of sp³-hybridized carbons (Fsp3) is 0.0357. The third-order valence-electron chi connectivity index (χ3n) is 5.87. The van der Waals surface area contributed by atoms with Crippen LogP contribution in [0.5, 0.6) is 0 Å². The number of nitrogens with one attached hydrogen (secondary N) is 1. The summed E-state index contributed by atoms with van der Waals surface area (Å²) in [6, 6.07) is 32.1. The number of nitrogens with zero attached hydrogens (tertiary/aromatic N) is 1. The van der Waals surface area contributed by atoms with Crippen molar-refractivity contribution < 1.29 is 0 Å². The zero-order valence-corrected chi connectivity index (χ0v) is 16.5. The topological polar surface area (TPSA) is 28.1 Å². The third-order valence-corrected chi connectivity index (χ3v) is 5.87. The number of fused-ring (bicyclic) bond motifs is 5. The molecule has 0 atom stereocenters. The van der Waals surface area contributed by atoms with Crippen LogP contribution in [0.1, 0.15) is 11.1 Å². The molecular formula is C28H20N2. The molecule has 1 aliphatic rings. The monoisotopic (exact) mass is 384 g/mol. The Morgan fingerprint density at radius 1 is 0.633 bits per heavy atom. The van der Waals surface area contributed by atoms with Crippen LogP contribution in [-0.2, 0) is 6.42 Å². The Morgan fingerprint density at radius 3 is 2.23 bits per heavy atom. The van der Waals surface area contributed by atoms with E-state index in [-0.39, 0.29) is 0 Å². The van der Waals surface area contributed by atoms with Crippen molar-refractivity contribution >= 4 is 33.2 Å². The normalized spacial score (nSPS) is 13.3. The number of hydrogen-bond acceptors (Lipinski definition) is 1. The zero-order valence-electron chi connectivity index (χ0n) is 16.5. The quantitative estimate of drug-likeness (QED) is 0.333. The van der Waals surface area contributed by atoms with Crippen molar-refractivity contribution in [1.29, 1.82) is 0 Å². The van der Waals surface area contributed by atoms with Crippen molar-refractivity contribution in [2.45, 2.75) is 6.42 Å². The molecule has 0 bridgehead atoms. The summed E-state index contributed by atoms with van der Waals surface area (Å²) in [5, 5.41) is 2.48. The first kappa shape index (κ1) is 17.0. The van der Waals surface area contributed by atoms with Crippen LogP contribution >= 0.6 is 0 Å². The number of para-hydroxylation sites is 1. The number of benzene rings is 4. The number of rotatable bonds is 2. The maximum absolute atomic E-state index is 5.13. The van der Waals surface area contributed by atoms with Crippen LogP contribution in [0.15, 0.2) is 108 Å². The maximum atomic E-state index is 5.13. The van der Waals surface area contributed by atoms with Gasteiger partial charge in [0.15, 0.2) is 0 Å². The van der Waals surface area contributed by atoms with Crippen molar-refractivity contribution in [3.63, 3.8) is 0 Å². The molecule has 0 fully saturated rings. The molecule has 1 aliphatic heterocycles. The Labute approximate surface area is 175 Å². The number of H-pyrrole nitrogens is 1. The van der Waals surface area contributed by atoms with Crippen molar-refractivity contribution in [2.75, 3.05) is 0 Å². The second-order valence-electron chi connectivity index (χ2n) is 7.71. The predicted octanol–water partition coefficient (Wildman–Crippen LogP) is 7.22. The molecule has 0 radical (unpaired) electrons. The summed E-state index contributed by atoms with van der Waals surface area (Å²) in [7, 11) is 0. The smallest absolute Gasteiger partial charge is 0.0913 e. The van der Waals surface area contributed by atoms with Crippen molar-refractivity contribution in [1.82, 2.24) is 4.98 Å². The fourth-order valence-electron chi connectivity index (χ4n) is 4.32. The molecule has 5 aromatic rings. The summed E-state index contributed by atoms with van der Waals surface area (Å²) < 4.78 is 0. The second kappa shape index (κ2) is 6.85. The highest BCUT2D eigenvalue weighted by Gasteiger charge is 2.14. The number of aromatic amines is 1. The molecule has 2 nitrogen and oxygen atoms in total. The van der Waals surface area contributed by atoms with Crippen LogP contribution in [0.4, 0.5) is 5.69 Å². The van der Waals surface area contributed by atoms with Gasteiger partial charge >= 0.3 is 0 Å². The molecular weight excluding hydrogens is 364 g/mol. The van der Waals surface area contributed by atoms with E-state index in [1.54, 1.807) is 0 Å². The van der Waals surface area contributed by atoms with E-state index < -0.39 is 0 Å². The van der Waals surface area contributed by atoms with E-state index in [2.05, 4.69) is 102 Å². The average molecular weight is 384 g/mol. The van der Waals surface area contributed by atoms with E-state index in [1.807, 2.05) is 6.07 Å². The highest BCUT2D eigenvalue weighted by molar-refractivity contribution is 6.15. The maximum Gasteiger partial charge on any atom is 0.0913 e. The summed E-state index contributed by atoms with van der Waals surface area (Å²) in [4.78, 5) is 8.74. The zero-order chi connectivity index (χ0) is 19.9. The molecule has 0 saturated carbocycles. The van der Waals surface area contributed by atoms with Crippen LogP contribution < -0.4 is 0 Å². The van der Waals surface area contributed by atoms with E-state index in [9.17, 15) is 0 Å². The lowest BCUT2D eigenvalue weighted by Crippen LogP contribution is -1.95. The lowest BCUT2D eigenvalue weighted by atomic mass is 10.0. The van der Waals surface area contributed by atoms with Gasteiger partial charge in [-0.05, 0) is 35.3 Å². The largest absolute Gasteiger partial charge is 0.353 e. The van der Waals surface area contributed by atoms with E-state index in [0.717, 1.165) is 34.4 Å². The molecule has 0 unspecified atom stereocenters. The molecule has 142 valence electrons. The Balaban J connectivity index is 1.48. The SMILES string of the molecule is C1=CC(c2ccc(-c3ccccc3)cc2)=Nc2c(ccc3c2[nH]c2ccccc23)C1. The summed E-state index contributed by atoms with van der Waals surface area (Å²) in [6.07, 6.45) is 5.24. The van der Waals surface area contributed by atoms with Gasteiger partial charge in [-0.25, -0.2) is 4.99 Å². The number of aromatic nitrogens is 1. The minimum atomic E-state index is 0.885. The Hall–Kier alpha value is -3.91. The molecule has 2 heteroatoms. The van der Waals surface area contributed by atoms with Gasteiger partial charge in [-0.3, -0.25) is 0 Å². The number of aliphatic imine (C=N–C) groups is 1. The molecule has 0 spiro atoms. The molecule has 2 heterocycles. The van der Waals surface area contributed by atoms with Gasteiger partial charge < -0.3 is 4.98 Å². The van der Waals surface area contributed by atoms with Crippen LogP contribution in [0.2, 0.25) is 0 Å². The average Bonchev–Trinajstić information content (AvgIpc) is 3.05. The molecule has 1 N–H and O–H groups in total. The Bertz CT molecular complexity index is 1440. The Kier molecular flexibility index (Phi) is 3.88. The van der Waals surface area contributed by atoms with Gasteiger partial charge in [0.1, 0.15) is 0 Å².